The van der Waals surface area contributed by atoms with E-state index in [0.29, 0.717) is 5.56 Å². The van der Waals surface area contributed by atoms with Gasteiger partial charge in [-0.25, -0.2) is 4.39 Å². The molecule has 0 radical (unpaired) electrons. The number of methoxy groups -OCH3 is 1. The van der Waals surface area contributed by atoms with E-state index in [-0.39, 0.29) is 0 Å². The molecule has 66 valence electrons. The molecule has 1 aromatic rings. The molecule has 0 saturated carbocycles. The minimum Gasteiger partial charge on any atom is -0.495 e. The standard InChI is InChI=1S/C8H7FI2O/c1-12-8-6(10)3-2-5(4-9)7(8)11/h2-3H,4H2,1H3. The Morgan fingerprint density at radius 2 is 2.08 bits per heavy atom. The van der Waals surface area contributed by atoms with Crippen LogP contribution < -0.4 is 4.74 Å². The Morgan fingerprint density at radius 1 is 1.42 bits per heavy atom. The number of hydrogen-bond acceptors (Lipinski definition) is 1. The van der Waals surface area contributed by atoms with Crippen LogP contribution >= 0.6 is 45.2 Å². The van der Waals surface area contributed by atoms with Crippen molar-refractivity contribution in [2.45, 2.75) is 6.67 Å². The summed E-state index contributed by atoms with van der Waals surface area (Å²) in [7, 11) is 1.60. The summed E-state index contributed by atoms with van der Waals surface area (Å²) in [6.45, 7) is -0.439. The van der Waals surface area contributed by atoms with Crippen LogP contribution in [-0.2, 0) is 6.67 Å². The third-order valence-corrected chi connectivity index (χ3v) is 3.51. The van der Waals surface area contributed by atoms with Crippen LogP contribution in [0.1, 0.15) is 5.56 Å². The molecule has 0 aliphatic carbocycles. The maximum Gasteiger partial charge on any atom is 0.145 e. The summed E-state index contributed by atoms with van der Waals surface area (Å²) < 4.78 is 19.4. The molecule has 1 nitrogen and oxygen atoms in total. The van der Waals surface area contributed by atoms with Crippen LogP contribution in [0.25, 0.3) is 0 Å². The van der Waals surface area contributed by atoms with Crippen LogP contribution in [0, 0.1) is 7.14 Å². The molecule has 4 heteroatoms. The summed E-state index contributed by atoms with van der Waals surface area (Å²) in [5.41, 5.74) is 0.688. The average molecular weight is 392 g/mol. The van der Waals surface area contributed by atoms with Gasteiger partial charge in [-0.3, -0.25) is 0 Å². The monoisotopic (exact) mass is 392 g/mol. The molecular weight excluding hydrogens is 385 g/mol. The van der Waals surface area contributed by atoms with E-state index < -0.39 is 6.67 Å². The Labute approximate surface area is 98.0 Å². The van der Waals surface area contributed by atoms with E-state index in [2.05, 4.69) is 45.2 Å². The zero-order valence-electron chi connectivity index (χ0n) is 6.40. The molecule has 1 rings (SSSR count). The zero-order valence-corrected chi connectivity index (χ0v) is 10.7. The first kappa shape index (κ1) is 10.5. The summed E-state index contributed by atoms with van der Waals surface area (Å²) in [6, 6.07) is 3.64. The van der Waals surface area contributed by atoms with Gasteiger partial charge in [0.1, 0.15) is 12.4 Å². The first-order valence-corrected chi connectivity index (χ1v) is 5.43. The summed E-state index contributed by atoms with van der Waals surface area (Å²) in [5, 5.41) is 0. The van der Waals surface area contributed by atoms with E-state index in [9.17, 15) is 4.39 Å². The Kier molecular flexibility index (Phi) is 4.01. The van der Waals surface area contributed by atoms with Crippen molar-refractivity contribution >= 4 is 45.2 Å². The van der Waals surface area contributed by atoms with Gasteiger partial charge in [0, 0.05) is 5.56 Å². The van der Waals surface area contributed by atoms with Crippen LogP contribution in [0.4, 0.5) is 4.39 Å². The van der Waals surface area contributed by atoms with E-state index in [0.717, 1.165) is 12.9 Å². The summed E-state index contributed by atoms with van der Waals surface area (Å²) >= 11 is 4.26. The fraction of sp³-hybridized carbons (Fsp3) is 0.250. The largest absolute Gasteiger partial charge is 0.495 e. The van der Waals surface area contributed by atoms with Crippen molar-refractivity contribution < 1.29 is 9.13 Å². The smallest absolute Gasteiger partial charge is 0.145 e. The highest BCUT2D eigenvalue weighted by atomic mass is 127. The Morgan fingerprint density at radius 3 is 2.58 bits per heavy atom. The first-order chi connectivity index (χ1) is 5.70. The number of alkyl halides is 1. The van der Waals surface area contributed by atoms with Crippen LogP contribution in [0.3, 0.4) is 0 Å². The minimum absolute atomic E-state index is 0.439. The molecule has 0 aliphatic heterocycles. The van der Waals surface area contributed by atoms with Gasteiger partial charge in [-0.2, -0.15) is 0 Å². The predicted molar refractivity (Wildman–Crippen MR) is 63.2 cm³/mol. The lowest BCUT2D eigenvalue weighted by atomic mass is 10.2. The van der Waals surface area contributed by atoms with Gasteiger partial charge in [0.25, 0.3) is 0 Å². The van der Waals surface area contributed by atoms with Gasteiger partial charge in [0.05, 0.1) is 14.3 Å². The van der Waals surface area contributed by atoms with Crippen LogP contribution in [0.2, 0.25) is 0 Å². The molecule has 0 spiro atoms. The Bertz CT molecular complexity index is 289. The van der Waals surface area contributed by atoms with Crippen LogP contribution in [-0.4, -0.2) is 7.11 Å². The minimum atomic E-state index is -0.439. The second-order valence-corrected chi connectivity index (χ2v) is 4.43. The number of halogens is 3. The van der Waals surface area contributed by atoms with Crippen molar-refractivity contribution in [2.75, 3.05) is 7.11 Å². The van der Waals surface area contributed by atoms with E-state index in [1.807, 2.05) is 6.07 Å². The molecule has 1 aromatic carbocycles. The third-order valence-electron chi connectivity index (χ3n) is 1.48. The maximum atomic E-state index is 12.4. The van der Waals surface area contributed by atoms with E-state index in [4.69, 9.17) is 4.74 Å². The van der Waals surface area contributed by atoms with Crippen molar-refractivity contribution in [3.05, 3.63) is 24.8 Å². The van der Waals surface area contributed by atoms with Crippen LogP contribution in [0.15, 0.2) is 12.1 Å². The molecule has 0 saturated heterocycles. The fourth-order valence-electron chi connectivity index (χ4n) is 0.864. The van der Waals surface area contributed by atoms with E-state index >= 15 is 0 Å². The third kappa shape index (κ3) is 2.01. The molecule has 0 aromatic heterocycles. The lowest BCUT2D eigenvalue weighted by molar-refractivity contribution is 0.405. The number of ether oxygens (including phenoxy) is 1. The molecule has 0 heterocycles. The highest BCUT2D eigenvalue weighted by molar-refractivity contribution is 14.1. The lowest BCUT2D eigenvalue weighted by Crippen LogP contribution is -1.94. The molecule has 0 amide bonds. The van der Waals surface area contributed by atoms with Crippen molar-refractivity contribution in [1.29, 1.82) is 0 Å². The zero-order chi connectivity index (χ0) is 9.14. The van der Waals surface area contributed by atoms with Crippen molar-refractivity contribution in [1.82, 2.24) is 0 Å². The van der Waals surface area contributed by atoms with Gasteiger partial charge >= 0.3 is 0 Å². The summed E-state index contributed by atoms with van der Waals surface area (Å²) in [4.78, 5) is 0. The molecule has 0 unspecified atom stereocenters. The van der Waals surface area contributed by atoms with Gasteiger partial charge in [-0.15, -0.1) is 0 Å². The lowest BCUT2D eigenvalue weighted by Gasteiger charge is -2.08. The summed E-state index contributed by atoms with van der Waals surface area (Å²) in [5.74, 6) is 0.770. The second-order valence-electron chi connectivity index (χ2n) is 2.19. The van der Waals surface area contributed by atoms with Gasteiger partial charge in [0.2, 0.25) is 0 Å². The molecule has 0 bridgehead atoms. The normalized spacial score (nSPS) is 10.0. The van der Waals surface area contributed by atoms with Crippen LogP contribution in [0.5, 0.6) is 5.75 Å². The molecule has 12 heavy (non-hydrogen) atoms. The predicted octanol–water partition coefficient (Wildman–Crippen LogP) is 3.37. The topological polar surface area (TPSA) is 9.23 Å². The second kappa shape index (κ2) is 4.59. The highest BCUT2D eigenvalue weighted by Crippen LogP contribution is 2.30. The van der Waals surface area contributed by atoms with Gasteiger partial charge in [-0.05, 0) is 51.2 Å². The summed E-state index contributed by atoms with van der Waals surface area (Å²) in [6.07, 6.45) is 0. The molecule has 0 N–H and O–H groups in total. The Hall–Kier alpha value is 0.410. The van der Waals surface area contributed by atoms with E-state index in [1.165, 1.54) is 0 Å². The van der Waals surface area contributed by atoms with Gasteiger partial charge in [0.15, 0.2) is 0 Å². The van der Waals surface area contributed by atoms with Gasteiger partial charge in [-0.1, -0.05) is 6.07 Å². The highest BCUT2D eigenvalue weighted by Gasteiger charge is 2.09. The molecule has 0 fully saturated rings. The number of hydrogen-bond donors (Lipinski definition) is 0. The molecule has 0 aliphatic rings. The SMILES string of the molecule is COc1c(I)ccc(CF)c1I. The Balaban J connectivity index is 3.24. The molecule has 0 atom stereocenters. The fourth-order valence-corrected chi connectivity index (χ4v) is 2.88. The van der Waals surface area contributed by atoms with Crippen molar-refractivity contribution in [3.8, 4) is 5.75 Å². The van der Waals surface area contributed by atoms with Crippen molar-refractivity contribution in [3.63, 3.8) is 0 Å². The average Bonchev–Trinajstić information content (AvgIpc) is 2.06. The quantitative estimate of drug-likeness (QED) is 0.702. The first-order valence-electron chi connectivity index (χ1n) is 3.27. The number of rotatable bonds is 2. The van der Waals surface area contributed by atoms with E-state index in [1.54, 1.807) is 13.2 Å². The number of benzene rings is 1. The van der Waals surface area contributed by atoms with Crippen molar-refractivity contribution in [2.24, 2.45) is 0 Å². The molecular formula is C8H7FI2O. The van der Waals surface area contributed by atoms with Gasteiger partial charge < -0.3 is 4.74 Å². The maximum absolute atomic E-state index is 12.4.